The van der Waals surface area contributed by atoms with Crippen LogP contribution in [-0.2, 0) is 6.42 Å². The van der Waals surface area contributed by atoms with E-state index in [4.69, 9.17) is 9.40 Å². The van der Waals surface area contributed by atoms with E-state index >= 15 is 0 Å². The molecule has 4 heterocycles. The highest BCUT2D eigenvalue weighted by Gasteiger charge is 2.31. The minimum atomic E-state index is -0.539. The van der Waals surface area contributed by atoms with Crippen LogP contribution in [0.4, 0.5) is 15.8 Å². The molecule has 1 aliphatic heterocycles. The van der Waals surface area contributed by atoms with E-state index in [1.54, 1.807) is 42.3 Å². The van der Waals surface area contributed by atoms with Crippen LogP contribution in [0.5, 0.6) is 0 Å². The van der Waals surface area contributed by atoms with E-state index in [1.807, 2.05) is 36.4 Å². The molecular formula is C32H26FN5O3. The van der Waals surface area contributed by atoms with Gasteiger partial charge in [-0.2, -0.15) is 5.10 Å². The number of aromatic amines is 1. The Morgan fingerprint density at radius 2 is 1.88 bits per heavy atom. The number of benzene rings is 2. The maximum absolute atomic E-state index is 14.3. The van der Waals surface area contributed by atoms with Gasteiger partial charge >= 0.3 is 0 Å². The summed E-state index contributed by atoms with van der Waals surface area (Å²) in [5.41, 5.74) is 5.91. The number of nitrogens with zero attached hydrogens (tertiary/aromatic N) is 3. The number of nitrogens with one attached hydrogen (secondary N) is 2. The number of anilines is 2. The second kappa shape index (κ2) is 9.85. The number of para-hydroxylation sites is 2. The van der Waals surface area contributed by atoms with Crippen molar-refractivity contribution in [2.45, 2.75) is 32.1 Å². The average molecular weight is 548 g/mol. The number of halogens is 1. The third kappa shape index (κ3) is 4.49. The maximum atomic E-state index is 14.3. The molecule has 0 saturated heterocycles. The molecule has 41 heavy (non-hydrogen) atoms. The molecule has 0 unspecified atom stereocenters. The number of pyridine rings is 1. The third-order valence-electron chi connectivity index (χ3n) is 7.68. The van der Waals surface area contributed by atoms with Crippen molar-refractivity contribution >= 4 is 23.2 Å². The fraction of sp³-hybridized carbons (Fsp3) is 0.188. The van der Waals surface area contributed by atoms with Gasteiger partial charge in [0, 0.05) is 34.8 Å². The topological polar surface area (TPSA) is 104 Å². The minimum absolute atomic E-state index is 0.0770. The molecule has 2 aliphatic rings. The van der Waals surface area contributed by atoms with E-state index in [-0.39, 0.29) is 17.4 Å². The first kappa shape index (κ1) is 25.0. The van der Waals surface area contributed by atoms with Gasteiger partial charge in [-0.25, -0.2) is 9.37 Å². The van der Waals surface area contributed by atoms with Gasteiger partial charge in [0.15, 0.2) is 5.76 Å². The molecule has 5 aromatic rings. The van der Waals surface area contributed by atoms with Gasteiger partial charge in [-0.05, 0) is 68.1 Å². The number of fused-ring (bicyclic) bond motifs is 3. The lowest BCUT2D eigenvalue weighted by Gasteiger charge is -2.22. The standard InChI is InChI=1S/C32H26FN5O3/c1-18-6-4-8-23(33)28(18)36-31(39)27-16-20-14-15-38(26-11-3-2-7-21(26)30(20)41-27)32(40)25-10-5-9-24(35-25)22-17-34-37-29(22)19-12-13-19/h2-11,16-17,19H,12-15H2,1H3,(H,34,37)(H,36,39). The Balaban J connectivity index is 1.19. The molecular weight excluding hydrogens is 521 g/mol. The van der Waals surface area contributed by atoms with Crippen molar-refractivity contribution in [3.8, 4) is 22.6 Å². The van der Waals surface area contributed by atoms with Gasteiger partial charge in [0.1, 0.15) is 17.3 Å². The quantitative estimate of drug-likeness (QED) is 0.261. The smallest absolute Gasteiger partial charge is 0.291 e. The van der Waals surface area contributed by atoms with Crippen LogP contribution in [-0.4, -0.2) is 33.5 Å². The highest BCUT2D eigenvalue weighted by atomic mass is 19.1. The molecule has 0 atom stereocenters. The van der Waals surface area contributed by atoms with Crippen molar-refractivity contribution in [3.05, 3.63) is 107 Å². The summed E-state index contributed by atoms with van der Waals surface area (Å²) in [4.78, 5) is 33.4. The first-order valence-corrected chi connectivity index (χ1v) is 13.6. The molecule has 204 valence electrons. The number of carbonyl (C=O) groups excluding carboxylic acids is 2. The zero-order chi connectivity index (χ0) is 28.1. The van der Waals surface area contributed by atoms with Crippen molar-refractivity contribution in [1.29, 1.82) is 0 Å². The van der Waals surface area contributed by atoms with Gasteiger partial charge in [-0.15, -0.1) is 0 Å². The predicted octanol–water partition coefficient (Wildman–Crippen LogP) is 6.51. The van der Waals surface area contributed by atoms with Crippen LogP contribution in [0, 0.1) is 12.7 Å². The number of carbonyl (C=O) groups is 2. The van der Waals surface area contributed by atoms with Gasteiger partial charge in [-0.1, -0.05) is 30.3 Å². The molecule has 2 aromatic carbocycles. The van der Waals surface area contributed by atoms with Gasteiger partial charge in [0.05, 0.1) is 23.3 Å². The van der Waals surface area contributed by atoms with Gasteiger partial charge in [-0.3, -0.25) is 14.7 Å². The first-order chi connectivity index (χ1) is 20.0. The van der Waals surface area contributed by atoms with Crippen molar-refractivity contribution < 1.29 is 18.4 Å². The number of hydrogen-bond donors (Lipinski definition) is 2. The lowest BCUT2D eigenvalue weighted by atomic mass is 10.1. The normalized spacial score (nSPS) is 14.2. The van der Waals surface area contributed by atoms with E-state index in [0.717, 1.165) is 29.7 Å². The summed E-state index contributed by atoms with van der Waals surface area (Å²) in [6, 6.07) is 19.2. The summed E-state index contributed by atoms with van der Waals surface area (Å²) in [5, 5.41) is 9.95. The Kier molecular flexibility index (Phi) is 6.00. The molecule has 0 spiro atoms. The molecule has 1 fully saturated rings. The number of aryl methyl sites for hydroxylation is 1. The number of H-pyrrole nitrogens is 1. The highest BCUT2D eigenvalue weighted by Crippen LogP contribution is 2.43. The number of hydrogen-bond acceptors (Lipinski definition) is 5. The molecule has 2 amide bonds. The molecule has 0 radical (unpaired) electrons. The molecule has 1 aliphatic carbocycles. The molecule has 9 heteroatoms. The first-order valence-electron chi connectivity index (χ1n) is 13.6. The summed E-state index contributed by atoms with van der Waals surface area (Å²) in [7, 11) is 0. The van der Waals surface area contributed by atoms with E-state index in [2.05, 4.69) is 15.5 Å². The fourth-order valence-electron chi connectivity index (χ4n) is 5.41. The average Bonchev–Trinajstić information content (AvgIpc) is 3.59. The van der Waals surface area contributed by atoms with Crippen LogP contribution >= 0.6 is 0 Å². The van der Waals surface area contributed by atoms with E-state index < -0.39 is 11.7 Å². The zero-order valence-corrected chi connectivity index (χ0v) is 22.3. The zero-order valence-electron chi connectivity index (χ0n) is 22.3. The van der Waals surface area contributed by atoms with Crippen LogP contribution in [0.15, 0.2) is 77.3 Å². The number of amides is 2. The number of aromatic nitrogens is 3. The van der Waals surface area contributed by atoms with Crippen molar-refractivity contribution in [2.75, 3.05) is 16.8 Å². The van der Waals surface area contributed by atoms with Gasteiger partial charge < -0.3 is 14.6 Å². The summed E-state index contributed by atoms with van der Waals surface area (Å²) in [6.07, 6.45) is 4.47. The Labute approximate surface area is 235 Å². The van der Waals surface area contributed by atoms with Crippen LogP contribution in [0.25, 0.3) is 22.6 Å². The Morgan fingerprint density at radius 1 is 1.05 bits per heavy atom. The summed E-state index contributed by atoms with van der Waals surface area (Å²) in [5.74, 6) is -0.222. The summed E-state index contributed by atoms with van der Waals surface area (Å²) >= 11 is 0. The summed E-state index contributed by atoms with van der Waals surface area (Å²) < 4.78 is 20.4. The van der Waals surface area contributed by atoms with E-state index in [9.17, 15) is 14.0 Å². The van der Waals surface area contributed by atoms with Crippen LogP contribution in [0.3, 0.4) is 0 Å². The highest BCUT2D eigenvalue weighted by molar-refractivity contribution is 6.08. The molecule has 3 aromatic heterocycles. The van der Waals surface area contributed by atoms with Crippen molar-refractivity contribution in [3.63, 3.8) is 0 Å². The lowest BCUT2D eigenvalue weighted by molar-refractivity contribution is 0.0979. The summed E-state index contributed by atoms with van der Waals surface area (Å²) in [6.45, 7) is 2.09. The van der Waals surface area contributed by atoms with Crippen molar-refractivity contribution in [1.82, 2.24) is 15.2 Å². The second-order valence-electron chi connectivity index (χ2n) is 10.5. The molecule has 2 N–H and O–H groups in total. The Morgan fingerprint density at radius 3 is 2.71 bits per heavy atom. The molecule has 1 saturated carbocycles. The van der Waals surface area contributed by atoms with Crippen LogP contribution in [0.1, 0.15) is 56.6 Å². The predicted molar refractivity (Wildman–Crippen MR) is 152 cm³/mol. The van der Waals surface area contributed by atoms with E-state index in [0.29, 0.717) is 52.8 Å². The Hall–Kier alpha value is -5.05. The number of furan rings is 1. The largest absolute Gasteiger partial charge is 0.451 e. The molecule has 8 nitrogen and oxygen atoms in total. The minimum Gasteiger partial charge on any atom is -0.451 e. The van der Waals surface area contributed by atoms with Crippen LogP contribution < -0.4 is 10.2 Å². The van der Waals surface area contributed by atoms with E-state index in [1.165, 1.54) is 6.07 Å². The second-order valence-corrected chi connectivity index (χ2v) is 10.5. The lowest BCUT2D eigenvalue weighted by Crippen LogP contribution is -2.33. The maximum Gasteiger partial charge on any atom is 0.291 e. The van der Waals surface area contributed by atoms with Gasteiger partial charge in [0.2, 0.25) is 0 Å². The third-order valence-corrected chi connectivity index (χ3v) is 7.68. The monoisotopic (exact) mass is 547 g/mol. The SMILES string of the molecule is Cc1cccc(F)c1NC(=O)c1cc2c(o1)-c1ccccc1N(C(=O)c1cccc(-c3cn[nH]c3C3CC3)n1)CC2. The molecule has 0 bridgehead atoms. The number of rotatable bonds is 5. The Bertz CT molecular complexity index is 1800. The van der Waals surface area contributed by atoms with Crippen molar-refractivity contribution in [2.24, 2.45) is 0 Å². The van der Waals surface area contributed by atoms with Gasteiger partial charge in [0.25, 0.3) is 11.8 Å². The molecule has 7 rings (SSSR count). The fourth-order valence-corrected chi connectivity index (χ4v) is 5.41. The van der Waals surface area contributed by atoms with Crippen LogP contribution in [0.2, 0.25) is 0 Å².